The van der Waals surface area contributed by atoms with Gasteiger partial charge in [0.25, 0.3) is 17.5 Å². The fraction of sp³-hybridized carbons (Fsp3) is 0.0286. The third-order valence-corrected chi connectivity index (χ3v) is 8.83. The van der Waals surface area contributed by atoms with Crippen molar-refractivity contribution < 1.29 is 19.3 Å². The van der Waals surface area contributed by atoms with E-state index in [1.54, 1.807) is 78.3 Å². The smallest absolute Gasteiger partial charge is 0.272 e. The van der Waals surface area contributed by atoms with E-state index in [-0.39, 0.29) is 23.0 Å². The number of fused-ring (bicyclic) bond motifs is 1. The summed E-state index contributed by atoms with van der Waals surface area (Å²) in [6.07, 6.45) is 3.41. The number of thioether (sulfide) groups is 1. The minimum Gasteiger partial charge on any atom is -0.361 e. The highest BCUT2D eigenvalue weighted by Crippen LogP contribution is 2.27. The second kappa shape index (κ2) is 14.6. The van der Waals surface area contributed by atoms with Crippen LogP contribution in [0.15, 0.2) is 125 Å². The normalized spacial score (nSPS) is 11.2. The number of nitrogens with one attached hydrogen (secondary N) is 4. The first-order chi connectivity index (χ1) is 23.3. The standard InChI is InChI=1S/C35H26N6O5S2/c42-32(40-35-39-31(20-48-35)22-10-14-26(15-11-22)41(45)46)21-47-27-16-12-25(13-17-27)37-34(44)30(38-33(43)23-6-2-1-3-7-23)18-24-19-36-29-9-5-4-8-28(24)29/h1-20,36H,21H2,(H,37,44)(H,38,43)(H,39,40,42)/b30-18-. The molecule has 48 heavy (non-hydrogen) atoms. The van der Waals surface area contributed by atoms with Gasteiger partial charge >= 0.3 is 0 Å². The number of amides is 3. The largest absolute Gasteiger partial charge is 0.361 e. The maximum absolute atomic E-state index is 13.5. The molecule has 2 heterocycles. The van der Waals surface area contributed by atoms with Crippen LogP contribution in [0.25, 0.3) is 28.2 Å². The Labute approximate surface area is 282 Å². The van der Waals surface area contributed by atoms with Crippen molar-refractivity contribution in [3.63, 3.8) is 0 Å². The van der Waals surface area contributed by atoms with E-state index in [4.69, 9.17) is 0 Å². The van der Waals surface area contributed by atoms with Gasteiger partial charge in [0.05, 0.1) is 16.4 Å². The molecule has 2 aromatic heterocycles. The highest BCUT2D eigenvalue weighted by Gasteiger charge is 2.17. The number of nitro benzene ring substituents is 1. The highest BCUT2D eigenvalue weighted by atomic mass is 32.2. The van der Waals surface area contributed by atoms with E-state index in [0.29, 0.717) is 27.6 Å². The monoisotopic (exact) mass is 674 g/mol. The van der Waals surface area contributed by atoms with Crippen LogP contribution >= 0.6 is 23.1 Å². The van der Waals surface area contributed by atoms with Crippen LogP contribution in [0.2, 0.25) is 0 Å². The number of thiazole rings is 1. The van der Waals surface area contributed by atoms with Gasteiger partial charge < -0.3 is 20.9 Å². The first kappa shape index (κ1) is 31.9. The Morgan fingerprint density at radius 3 is 2.38 bits per heavy atom. The molecule has 0 bridgehead atoms. The summed E-state index contributed by atoms with van der Waals surface area (Å²) in [6.45, 7) is 0. The Kier molecular flexibility index (Phi) is 9.69. The average Bonchev–Trinajstić information content (AvgIpc) is 3.75. The summed E-state index contributed by atoms with van der Waals surface area (Å²) in [5.74, 6) is -1.03. The molecule has 3 amide bonds. The number of H-pyrrole nitrogens is 1. The summed E-state index contributed by atoms with van der Waals surface area (Å²) in [6, 6.07) is 29.4. The van der Waals surface area contributed by atoms with Gasteiger partial charge in [0, 0.05) is 61.9 Å². The van der Waals surface area contributed by atoms with E-state index in [1.165, 1.54) is 35.2 Å². The number of hydrogen-bond donors (Lipinski definition) is 4. The first-order valence-electron chi connectivity index (χ1n) is 14.5. The maximum Gasteiger partial charge on any atom is 0.272 e. The number of hydrogen-bond acceptors (Lipinski definition) is 8. The van der Waals surface area contributed by atoms with Crippen molar-refractivity contribution in [1.82, 2.24) is 15.3 Å². The van der Waals surface area contributed by atoms with Gasteiger partial charge in [-0.2, -0.15) is 0 Å². The molecule has 4 aromatic carbocycles. The number of aromatic amines is 1. The zero-order valence-electron chi connectivity index (χ0n) is 25.0. The Morgan fingerprint density at radius 1 is 0.896 bits per heavy atom. The van der Waals surface area contributed by atoms with Gasteiger partial charge in [-0.05, 0) is 60.7 Å². The van der Waals surface area contributed by atoms with Gasteiger partial charge in [-0.1, -0.05) is 36.4 Å². The number of benzene rings is 4. The Balaban J connectivity index is 1.07. The van der Waals surface area contributed by atoms with Crippen molar-refractivity contribution in [2.45, 2.75) is 4.90 Å². The molecule has 238 valence electrons. The predicted octanol–water partition coefficient (Wildman–Crippen LogP) is 7.34. The molecular formula is C35H26N6O5S2. The molecule has 6 aromatic rings. The minimum atomic E-state index is -0.499. The number of aromatic nitrogens is 2. The average molecular weight is 675 g/mol. The Morgan fingerprint density at radius 2 is 1.62 bits per heavy atom. The number of non-ortho nitro benzene ring substituents is 1. The van der Waals surface area contributed by atoms with Crippen LogP contribution in [0.5, 0.6) is 0 Å². The fourth-order valence-electron chi connectivity index (χ4n) is 4.67. The van der Waals surface area contributed by atoms with Gasteiger partial charge in [0.2, 0.25) is 5.91 Å². The lowest BCUT2D eigenvalue weighted by atomic mass is 10.1. The van der Waals surface area contributed by atoms with Gasteiger partial charge in [0.15, 0.2) is 5.13 Å². The van der Waals surface area contributed by atoms with E-state index in [2.05, 4.69) is 25.9 Å². The lowest BCUT2D eigenvalue weighted by Crippen LogP contribution is -2.30. The predicted molar refractivity (Wildman–Crippen MR) is 189 cm³/mol. The van der Waals surface area contributed by atoms with E-state index >= 15 is 0 Å². The highest BCUT2D eigenvalue weighted by molar-refractivity contribution is 8.00. The topological polar surface area (TPSA) is 159 Å². The van der Waals surface area contributed by atoms with Crippen LogP contribution in [0.4, 0.5) is 16.5 Å². The van der Waals surface area contributed by atoms with E-state index in [0.717, 1.165) is 21.4 Å². The molecular weight excluding hydrogens is 649 g/mol. The van der Waals surface area contributed by atoms with Crippen molar-refractivity contribution in [1.29, 1.82) is 0 Å². The third kappa shape index (κ3) is 7.84. The van der Waals surface area contributed by atoms with Gasteiger partial charge in [0.1, 0.15) is 5.70 Å². The second-order valence-electron chi connectivity index (χ2n) is 10.3. The van der Waals surface area contributed by atoms with Crippen LogP contribution < -0.4 is 16.0 Å². The van der Waals surface area contributed by atoms with Gasteiger partial charge in [-0.15, -0.1) is 23.1 Å². The molecule has 13 heteroatoms. The molecule has 0 aliphatic rings. The molecule has 0 atom stereocenters. The molecule has 0 radical (unpaired) electrons. The fourth-order valence-corrected chi connectivity index (χ4v) is 6.10. The molecule has 0 saturated carbocycles. The summed E-state index contributed by atoms with van der Waals surface area (Å²) in [7, 11) is 0. The van der Waals surface area contributed by atoms with Gasteiger partial charge in [-0.25, -0.2) is 4.98 Å². The van der Waals surface area contributed by atoms with Crippen LogP contribution in [0.1, 0.15) is 15.9 Å². The number of nitrogens with zero attached hydrogens (tertiary/aromatic N) is 2. The zero-order chi connectivity index (χ0) is 33.5. The lowest BCUT2D eigenvalue weighted by Gasteiger charge is -2.12. The maximum atomic E-state index is 13.5. The second-order valence-corrected chi connectivity index (χ2v) is 12.2. The van der Waals surface area contributed by atoms with Crippen molar-refractivity contribution >= 4 is 74.3 Å². The molecule has 0 aliphatic heterocycles. The first-order valence-corrected chi connectivity index (χ1v) is 16.4. The number of anilines is 2. The summed E-state index contributed by atoms with van der Waals surface area (Å²) >= 11 is 2.57. The van der Waals surface area contributed by atoms with Crippen LogP contribution in [-0.2, 0) is 9.59 Å². The van der Waals surface area contributed by atoms with Crippen LogP contribution in [-0.4, -0.2) is 38.4 Å². The molecule has 0 aliphatic carbocycles. The molecule has 0 unspecified atom stereocenters. The van der Waals surface area contributed by atoms with E-state index < -0.39 is 16.7 Å². The van der Waals surface area contributed by atoms with Crippen molar-refractivity contribution in [2.75, 3.05) is 16.4 Å². The van der Waals surface area contributed by atoms with E-state index in [1.807, 2.05) is 30.3 Å². The van der Waals surface area contributed by atoms with Gasteiger partial charge in [-0.3, -0.25) is 24.5 Å². The molecule has 0 fully saturated rings. The molecule has 0 saturated heterocycles. The summed E-state index contributed by atoms with van der Waals surface area (Å²) in [5, 5.41) is 22.4. The van der Waals surface area contributed by atoms with Crippen molar-refractivity contribution in [3.8, 4) is 11.3 Å². The summed E-state index contributed by atoms with van der Waals surface area (Å²) in [4.78, 5) is 57.9. The van der Waals surface area contributed by atoms with E-state index in [9.17, 15) is 24.5 Å². The molecule has 6 rings (SSSR count). The lowest BCUT2D eigenvalue weighted by molar-refractivity contribution is -0.384. The van der Waals surface area contributed by atoms with Crippen LogP contribution in [0.3, 0.4) is 0 Å². The zero-order valence-corrected chi connectivity index (χ0v) is 26.6. The molecule has 11 nitrogen and oxygen atoms in total. The molecule has 4 N–H and O–H groups in total. The summed E-state index contributed by atoms with van der Waals surface area (Å²) < 4.78 is 0. The summed E-state index contributed by atoms with van der Waals surface area (Å²) in [5.41, 5.74) is 3.95. The quantitative estimate of drug-likeness (QED) is 0.0484. The van der Waals surface area contributed by atoms with Crippen LogP contribution in [0, 0.1) is 10.1 Å². The van der Waals surface area contributed by atoms with Crippen molar-refractivity contribution in [3.05, 3.63) is 142 Å². The molecule has 0 spiro atoms. The third-order valence-electron chi connectivity index (χ3n) is 7.06. The number of rotatable bonds is 11. The number of carbonyl (C=O) groups is 3. The SMILES string of the molecule is O=C(CSc1ccc(NC(=O)/C(=C/c2c[nH]c3ccccc23)NC(=O)c2ccccc2)cc1)Nc1nc(-c2ccc([N+](=O)[O-])cc2)cs1. The Hall–Kier alpha value is -6.05. The number of carbonyl (C=O) groups excluding carboxylic acids is 3. The number of para-hydroxylation sites is 1. The number of nitro groups is 1. The minimum absolute atomic E-state index is 0.00896. The Bertz CT molecular complexity index is 2140. The van der Waals surface area contributed by atoms with Crippen molar-refractivity contribution in [2.24, 2.45) is 0 Å².